The van der Waals surface area contributed by atoms with Gasteiger partial charge in [-0.1, -0.05) is 13.0 Å². The second-order valence-corrected chi connectivity index (χ2v) is 5.45. The van der Waals surface area contributed by atoms with Crippen LogP contribution in [0.4, 0.5) is 0 Å². The van der Waals surface area contributed by atoms with Gasteiger partial charge in [-0.2, -0.15) is 0 Å². The molecular weight excluding hydrogens is 252 g/mol. The second kappa shape index (κ2) is 7.50. The first-order chi connectivity index (χ1) is 9.72. The third kappa shape index (κ3) is 4.12. The van der Waals surface area contributed by atoms with E-state index in [2.05, 4.69) is 24.0 Å². The molecule has 20 heavy (non-hydrogen) atoms. The topological polar surface area (TPSA) is 47.7 Å². The van der Waals surface area contributed by atoms with E-state index < -0.39 is 0 Å². The lowest BCUT2D eigenvalue weighted by Crippen LogP contribution is -2.39. The average molecular weight is 278 g/mol. The minimum absolute atomic E-state index is 0.380. The smallest absolute Gasteiger partial charge is 0.161 e. The predicted molar refractivity (Wildman–Crippen MR) is 81.3 cm³/mol. The summed E-state index contributed by atoms with van der Waals surface area (Å²) in [7, 11) is 1.68. The molecule has 0 amide bonds. The molecule has 2 N–H and O–H groups in total. The molecule has 1 saturated heterocycles. The summed E-state index contributed by atoms with van der Waals surface area (Å²) in [6, 6.07) is 6.59. The van der Waals surface area contributed by atoms with Gasteiger partial charge >= 0.3 is 0 Å². The Morgan fingerprint density at radius 2 is 2.00 bits per heavy atom. The summed E-state index contributed by atoms with van der Waals surface area (Å²) in [6.07, 6.45) is 3.18. The zero-order valence-corrected chi connectivity index (χ0v) is 12.6. The van der Waals surface area contributed by atoms with Gasteiger partial charge in [-0.3, -0.25) is 4.90 Å². The summed E-state index contributed by atoms with van der Waals surface area (Å²) in [4.78, 5) is 2.45. The van der Waals surface area contributed by atoms with Gasteiger partial charge in [-0.15, -0.1) is 0 Å². The van der Waals surface area contributed by atoms with Crippen LogP contribution in [-0.4, -0.2) is 37.7 Å². The van der Waals surface area contributed by atoms with Crippen LogP contribution in [0.5, 0.6) is 11.5 Å². The standard InChI is InChI=1S/C16H26N2O2/c1-3-10-20-16-11-13(4-5-15(16)19-2)12-18-8-6-14(17)7-9-18/h4-5,11,14H,3,6-10,12,17H2,1-2H3. The quantitative estimate of drug-likeness (QED) is 0.868. The maximum Gasteiger partial charge on any atom is 0.161 e. The molecule has 2 rings (SSSR count). The van der Waals surface area contributed by atoms with Crippen LogP contribution in [0.1, 0.15) is 31.7 Å². The summed E-state index contributed by atoms with van der Waals surface area (Å²) in [5, 5.41) is 0. The highest BCUT2D eigenvalue weighted by molar-refractivity contribution is 5.43. The summed E-state index contributed by atoms with van der Waals surface area (Å²) in [5.74, 6) is 1.66. The highest BCUT2D eigenvalue weighted by Gasteiger charge is 2.16. The molecule has 0 bridgehead atoms. The van der Waals surface area contributed by atoms with Crippen molar-refractivity contribution >= 4 is 0 Å². The number of hydrogen-bond acceptors (Lipinski definition) is 4. The Hall–Kier alpha value is -1.26. The Balaban J connectivity index is 2.00. The maximum absolute atomic E-state index is 5.94. The van der Waals surface area contributed by atoms with Crippen LogP contribution in [0.25, 0.3) is 0 Å². The van der Waals surface area contributed by atoms with E-state index in [1.807, 2.05) is 6.07 Å². The number of hydrogen-bond donors (Lipinski definition) is 1. The van der Waals surface area contributed by atoms with Crippen LogP contribution in [0.15, 0.2) is 18.2 Å². The number of likely N-dealkylation sites (tertiary alicyclic amines) is 1. The Morgan fingerprint density at radius 3 is 2.65 bits per heavy atom. The number of nitrogens with two attached hydrogens (primary N) is 1. The molecule has 1 aromatic rings. The van der Waals surface area contributed by atoms with Crippen molar-refractivity contribution in [3.8, 4) is 11.5 Å². The fourth-order valence-electron chi connectivity index (χ4n) is 2.51. The van der Waals surface area contributed by atoms with Crippen molar-refractivity contribution in [1.29, 1.82) is 0 Å². The van der Waals surface area contributed by atoms with E-state index in [1.54, 1.807) is 7.11 Å². The van der Waals surface area contributed by atoms with Gasteiger partial charge in [0.25, 0.3) is 0 Å². The molecule has 1 aromatic carbocycles. The Bertz CT molecular complexity index is 415. The molecule has 0 atom stereocenters. The zero-order chi connectivity index (χ0) is 14.4. The molecule has 0 spiro atoms. The van der Waals surface area contributed by atoms with E-state index in [-0.39, 0.29) is 0 Å². The third-order valence-electron chi connectivity index (χ3n) is 3.73. The van der Waals surface area contributed by atoms with E-state index in [1.165, 1.54) is 5.56 Å². The lowest BCUT2D eigenvalue weighted by Gasteiger charge is -2.30. The zero-order valence-electron chi connectivity index (χ0n) is 12.6. The first kappa shape index (κ1) is 15.1. The van der Waals surface area contributed by atoms with E-state index >= 15 is 0 Å². The second-order valence-electron chi connectivity index (χ2n) is 5.45. The van der Waals surface area contributed by atoms with Crippen LogP contribution in [0, 0.1) is 0 Å². The van der Waals surface area contributed by atoms with E-state index in [4.69, 9.17) is 15.2 Å². The Morgan fingerprint density at radius 1 is 1.25 bits per heavy atom. The molecule has 112 valence electrons. The van der Waals surface area contributed by atoms with Crippen LogP contribution in [0.3, 0.4) is 0 Å². The lowest BCUT2D eigenvalue weighted by molar-refractivity contribution is 0.205. The van der Waals surface area contributed by atoms with Gasteiger partial charge < -0.3 is 15.2 Å². The number of piperidine rings is 1. The molecule has 1 aliphatic rings. The molecule has 0 aliphatic carbocycles. The number of benzene rings is 1. The van der Waals surface area contributed by atoms with Gasteiger partial charge in [0.2, 0.25) is 0 Å². The number of methoxy groups -OCH3 is 1. The van der Waals surface area contributed by atoms with Gasteiger partial charge in [0.15, 0.2) is 11.5 Å². The van der Waals surface area contributed by atoms with Crippen LogP contribution in [0.2, 0.25) is 0 Å². The minimum Gasteiger partial charge on any atom is -0.493 e. The summed E-state index contributed by atoms with van der Waals surface area (Å²) < 4.78 is 11.1. The monoisotopic (exact) mass is 278 g/mol. The van der Waals surface area contributed by atoms with Crippen molar-refractivity contribution < 1.29 is 9.47 Å². The van der Waals surface area contributed by atoms with Gasteiger partial charge in [0.05, 0.1) is 13.7 Å². The fourth-order valence-corrected chi connectivity index (χ4v) is 2.51. The SMILES string of the molecule is CCCOc1cc(CN2CCC(N)CC2)ccc1OC. The van der Waals surface area contributed by atoms with Crippen molar-refractivity contribution in [2.24, 2.45) is 5.73 Å². The molecule has 0 radical (unpaired) electrons. The van der Waals surface area contributed by atoms with Gasteiger partial charge in [-0.25, -0.2) is 0 Å². The van der Waals surface area contributed by atoms with E-state index in [0.717, 1.165) is 57.0 Å². The van der Waals surface area contributed by atoms with Crippen molar-refractivity contribution in [2.45, 2.75) is 38.8 Å². The maximum atomic E-state index is 5.94. The van der Waals surface area contributed by atoms with Crippen LogP contribution in [-0.2, 0) is 6.54 Å². The number of ether oxygens (including phenoxy) is 2. The van der Waals surface area contributed by atoms with Crippen molar-refractivity contribution in [3.63, 3.8) is 0 Å². The van der Waals surface area contributed by atoms with Crippen molar-refractivity contribution in [2.75, 3.05) is 26.8 Å². The normalized spacial score (nSPS) is 17.1. The molecule has 4 heteroatoms. The molecule has 4 nitrogen and oxygen atoms in total. The molecule has 0 aromatic heterocycles. The van der Waals surface area contributed by atoms with Gasteiger partial charge in [0, 0.05) is 12.6 Å². The van der Waals surface area contributed by atoms with E-state index in [9.17, 15) is 0 Å². The fraction of sp³-hybridized carbons (Fsp3) is 0.625. The van der Waals surface area contributed by atoms with Crippen molar-refractivity contribution in [1.82, 2.24) is 4.90 Å². The van der Waals surface area contributed by atoms with Crippen LogP contribution < -0.4 is 15.2 Å². The largest absolute Gasteiger partial charge is 0.493 e. The molecule has 1 aliphatic heterocycles. The Kier molecular flexibility index (Phi) is 5.68. The first-order valence-electron chi connectivity index (χ1n) is 7.50. The van der Waals surface area contributed by atoms with E-state index in [0.29, 0.717) is 6.04 Å². The highest BCUT2D eigenvalue weighted by Crippen LogP contribution is 2.29. The highest BCUT2D eigenvalue weighted by atomic mass is 16.5. The Labute approximate surface area is 121 Å². The van der Waals surface area contributed by atoms with Gasteiger partial charge in [-0.05, 0) is 50.0 Å². The lowest BCUT2D eigenvalue weighted by atomic mass is 10.1. The summed E-state index contributed by atoms with van der Waals surface area (Å²) in [5.41, 5.74) is 7.21. The minimum atomic E-state index is 0.380. The first-order valence-corrected chi connectivity index (χ1v) is 7.50. The number of nitrogens with zero attached hydrogens (tertiary/aromatic N) is 1. The predicted octanol–water partition coefficient (Wildman–Crippen LogP) is 2.41. The van der Waals surface area contributed by atoms with Crippen molar-refractivity contribution in [3.05, 3.63) is 23.8 Å². The summed E-state index contributed by atoms with van der Waals surface area (Å²) >= 11 is 0. The third-order valence-corrected chi connectivity index (χ3v) is 3.73. The van der Waals surface area contributed by atoms with Crippen LogP contribution >= 0.6 is 0 Å². The summed E-state index contributed by atoms with van der Waals surface area (Å²) in [6.45, 7) is 5.95. The molecular formula is C16H26N2O2. The molecule has 0 unspecified atom stereocenters. The average Bonchev–Trinajstić information content (AvgIpc) is 2.47. The molecule has 0 saturated carbocycles. The molecule has 1 heterocycles. The van der Waals surface area contributed by atoms with Gasteiger partial charge in [0.1, 0.15) is 0 Å². The number of rotatable bonds is 6. The molecule has 1 fully saturated rings.